The molecule has 0 saturated heterocycles. The van der Waals surface area contributed by atoms with Crippen LogP contribution in [0.4, 0.5) is 0 Å². The van der Waals surface area contributed by atoms with Gasteiger partial charge >= 0.3 is 0 Å². The van der Waals surface area contributed by atoms with Crippen LogP contribution in [0.5, 0.6) is 11.5 Å². The lowest BCUT2D eigenvalue weighted by atomic mass is 10.1. The summed E-state index contributed by atoms with van der Waals surface area (Å²) in [7, 11) is 1.95. The molecule has 3 aromatic carbocycles. The van der Waals surface area contributed by atoms with Crippen molar-refractivity contribution in [2.75, 3.05) is 7.05 Å². The van der Waals surface area contributed by atoms with Gasteiger partial charge in [0.05, 0.1) is 0 Å². The predicted molar refractivity (Wildman–Crippen MR) is 88.0 cm³/mol. The van der Waals surface area contributed by atoms with Gasteiger partial charge in [0.1, 0.15) is 11.5 Å². The van der Waals surface area contributed by atoms with Crippen molar-refractivity contribution in [1.82, 2.24) is 5.32 Å². The highest BCUT2D eigenvalue weighted by Crippen LogP contribution is 2.28. The molecular weight excluding hydrogens is 258 g/mol. The van der Waals surface area contributed by atoms with Crippen molar-refractivity contribution >= 4 is 10.8 Å². The molecule has 0 unspecified atom stereocenters. The van der Waals surface area contributed by atoms with Gasteiger partial charge in [-0.15, -0.1) is 0 Å². The molecule has 0 aliphatic rings. The highest BCUT2D eigenvalue weighted by atomic mass is 16.5. The molecule has 0 fully saturated rings. The van der Waals surface area contributed by atoms with Crippen LogP contribution in [-0.2, 0) is 6.54 Å². The zero-order chi connectivity index (χ0) is 14.7. The van der Waals surface area contributed by atoms with Crippen LogP contribution in [-0.4, -0.2) is 7.05 Å². The van der Waals surface area contributed by atoms with Gasteiger partial charge in [-0.3, -0.25) is 0 Å². The molecule has 0 heterocycles. The third-order valence-corrected chi connectivity index (χ3v) is 3.58. The second kappa shape index (κ2) is 5.98. The maximum absolute atomic E-state index is 6.08. The first-order chi connectivity index (χ1) is 10.3. The van der Waals surface area contributed by atoms with E-state index in [0.717, 1.165) is 23.6 Å². The van der Waals surface area contributed by atoms with Crippen LogP contribution in [0.3, 0.4) is 0 Å². The molecule has 0 aromatic heterocycles. The minimum atomic E-state index is 0.842. The number of rotatable bonds is 4. The Kier molecular flexibility index (Phi) is 3.89. The molecule has 0 aliphatic heterocycles. The first kappa shape index (κ1) is 13.7. The highest BCUT2D eigenvalue weighted by molar-refractivity contribution is 5.83. The quantitative estimate of drug-likeness (QED) is 0.749. The minimum Gasteiger partial charge on any atom is -0.457 e. The Morgan fingerprint density at radius 3 is 2.52 bits per heavy atom. The average molecular weight is 277 g/mol. The number of hydrogen-bond donors (Lipinski definition) is 1. The van der Waals surface area contributed by atoms with Crippen LogP contribution in [0.15, 0.2) is 60.7 Å². The first-order valence-corrected chi connectivity index (χ1v) is 7.17. The van der Waals surface area contributed by atoms with Gasteiger partial charge in [-0.1, -0.05) is 42.5 Å². The largest absolute Gasteiger partial charge is 0.457 e. The van der Waals surface area contributed by atoms with Gasteiger partial charge in [-0.05, 0) is 54.1 Å². The molecule has 0 amide bonds. The van der Waals surface area contributed by atoms with Crippen LogP contribution >= 0.6 is 0 Å². The number of aryl methyl sites for hydroxylation is 1. The zero-order valence-electron chi connectivity index (χ0n) is 12.4. The molecule has 1 N–H and O–H groups in total. The van der Waals surface area contributed by atoms with E-state index in [2.05, 4.69) is 54.7 Å². The summed E-state index contributed by atoms with van der Waals surface area (Å²) < 4.78 is 6.08. The van der Waals surface area contributed by atoms with E-state index in [9.17, 15) is 0 Å². The van der Waals surface area contributed by atoms with E-state index >= 15 is 0 Å². The van der Waals surface area contributed by atoms with Crippen LogP contribution in [0.2, 0.25) is 0 Å². The summed E-state index contributed by atoms with van der Waals surface area (Å²) >= 11 is 0. The van der Waals surface area contributed by atoms with Crippen LogP contribution < -0.4 is 10.1 Å². The summed E-state index contributed by atoms with van der Waals surface area (Å²) in [5, 5.41) is 5.58. The van der Waals surface area contributed by atoms with E-state index in [0.29, 0.717) is 0 Å². The van der Waals surface area contributed by atoms with Gasteiger partial charge in [0.15, 0.2) is 0 Å². The molecule has 0 radical (unpaired) electrons. The summed E-state index contributed by atoms with van der Waals surface area (Å²) in [5.74, 6) is 1.79. The van der Waals surface area contributed by atoms with Crippen molar-refractivity contribution in [2.24, 2.45) is 0 Å². The van der Waals surface area contributed by atoms with Gasteiger partial charge in [0.2, 0.25) is 0 Å². The summed E-state index contributed by atoms with van der Waals surface area (Å²) in [5.41, 5.74) is 2.36. The fourth-order valence-corrected chi connectivity index (χ4v) is 2.43. The molecule has 0 aliphatic carbocycles. The molecule has 2 nitrogen and oxygen atoms in total. The smallest absolute Gasteiger partial charge is 0.130 e. The Hall–Kier alpha value is -2.32. The van der Waals surface area contributed by atoms with Crippen molar-refractivity contribution in [2.45, 2.75) is 13.5 Å². The normalized spacial score (nSPS) is 10.8. The molecule has 106 valence electrons. The van der Waals surface area contributed by atoms with Crippen molar-refractivity contribution in [3.05, 3.63) is 71.8 Å². The molecule has 0 atom stereocenters. The summed E-state index contributed by atoms with van der Waals surface area (Å²) in [4.78, 5) is 0. The van der Waals surface area contributed by atoms with E-state index in [1.54, 1.807) is 0 Å². The van der Waals surface area contributed by atoms with Gasteiger partial charge in [-0.2, -0.15) is 0 Å². The molecule has 21 heavy (non-hydrogen) atoms. The lowest BCUT2D eigenvalue weighted by Gasteiger charge is -2.11. The Balaban J connectivity index is 1.92. The summed E-state index contributed by atoms with van der Waals surface area (Å²) in [6.07, 6.45) is 0. The van der Waals surface area contributed by atoms with Crippen LogP contribution in [0, 0.1) is 6.92 Å². The maximum Gasteiger partial charge on any atom is 0.130 e. The van der Waals surface area contributed by atoms with Crippen LogP contribution in [0.1, 0.15) is 11.1 Å². The molecule has 2 heteroatoms. The van der Waals surface area contributed by atoms with Crippen molar-refractivity contribution < 1.29 is 4.74 Å². The highest BCUT2D eigenvalue weighted by Gasteiger charge is 2.04. The second-order valence-electron chi connectivity index (χ2n) is 5.24. The second-order valence-corrected chi connectivity index (χ2v) is 5.24. The van der Waals surface area contributed by atoms with Crippen molar-refractivity contribution in [3.63, 3.8) is 0 Å². The molecule has 0 saturated carbocycles. The Morgan fingerprint density at radius 2 is 1.71 bits per heavy atom. The zero-order valence-corrected chi connectivity index (χ0v) is 12.4. The lowest BCUT2D eigenvalue weighted by molar-refractivity contribution is 0.478. The van der Waals surface area contributed by atoms with Crippen LogP contribution in [0.25, 0.3) is 10.8 Å². The third kappa shape index (κ3) is 3.06. The number of nitrogens with one attached hydrogen (secondary N) is 1. The van der Waals surface area contributed by atoms with E-state index in [-0.39, 0.29) is 0 Å². The fourth-order valence-electron chi connectivity index (χ4n) is 2.43. The predicted octanol–water partition coefficient (Wildman–Crippen LogP) is 4.66. The van der Waals surface area contributed by atoms with Gasteiger partial charge in [0, 0.05) is 6.54 Å². The van der Waals surface area contributed by atoms with E-state index in [4.69, 9.17) is 4.74 Å². The van der Waals surface area contributed by atoms with E-state index < -0.39 is 0 Å². The molecule has 0 bridgehead atoms. The van der Waals surface area contributed by atoms with Crippen molar-refractivity contribution in [3.8, 4) is 11.5 Å². The first-order valence-electron chi connectivity index (χ1n) is 7.17. The topological polar surface area (TPSA) is 21.3 Å². The minimum absolute atomic E-state index is 0.842. The standard InChI is InChI=1S/C19H19NO/c1-14-7-8-15(13-20-2)11-19(14)21-18-10-9-16-5-3-4-6-17(16)12-18/h3-12,20H,13H2,1-2H3. The Bertz CT molecular complexity index is 764. The summed E-state index contributed by atoms with van der Waals surface area (Å²) in [6.45, 7) is 2.91. The Morgan fingerprint density at radius 1 is 0.905 bits per heavy atom. The van der Waals surface area contributed by atoms with Gasteiger partial charge in [0.25, 0.3) is 0 Å². The molecular formula is C19H19NO. The van der Waals surface area contributed by atoms with Crippen molar-refractivity contribution in [1.29, 1.82) is 0 Å². The SMILES string of the molecule is CNCc1ccc(C)c(Oc2ccc3ccccc3c2)c1. The number of hydrogen-bond acceptors (Lipinski definition) is 2. The lowest BCUT2D eigenvalue weighted by Crippen LogP contribution is -2.05. The fraction of sp³-hybridized carbons (Fsp3) is 0.158. The third-order valence-electron chi connectivity index (χ3n) is 3.58. The maximum atomic E-state index is 6.08. The monoisotopic (exact) mass is 277 g/mol. The Labute approximate surface area is 125 Å². The number of ether oxygens (including phenoxy) is 1. The summed E-state index contributed by atoms with van der Waals surface area (Å²) in [6, 6.07) is 20.8. The molecule has 3 rings (SSSR count). The molecule has 3 aromatic rings. The van der Waals surface area contributed by atoms with Gasteiger partial charge < -0.3 is 10.1 Å². The van der Waals surface area contributed by atoms with Gasteiger partial charge in [-0.25, -0.2) is 0 Å². The average Bonchev–Trinajstić information content (AvgIpc) is 2.51. The van der Waals surface area contributed by atoms with E-state index in [1.165, 1.54) is 16.3 Å². The number of fused-ring (bicyclic) bond motifs is 1. The molecule has 0 spiro atoms. The number of benzene rings is 3. The van der Waals surface area contributed by atoms with E-state index in [1.807, 2.05) is 25.2 Å².